The molecule has 0 saturated carbocycles. The average Bonchev–Trinajstić information content (AvgIpc) is 2.86. The normalized spacial score (nSPS) is 21.5. The second kappa shape index (κ2) is 5.85. The first-order valence-corrected chi connectivity index (χ1v) is 6.20. The van der Waals surface area contributed by atoms with Crippen molar-refractivity contribution in [3.63, 3.8) is 0 Å². The van der Waals surface area contributed by atoms with Gasteiger partial charge in [0.15, 0.2) is 0 Å². The van der Waals surface area contributed by atoms with E-state index in [-0.39, 0.29) is 6.04 Å². The molecule has 0 spiro atoms. The third kappa shape index (κ3) is 2.81. The van der Waals surface area contributed by atoms with Crippen LogP contribution in [0.15, 0.2) is 24.3 Å². The molecule has 0 amide bonds. The highest BCUT2D eigenvalue weighted by Crippen LogP contribution is 2.23. The summed E-state index contributed by atoms with van der Waals surface area (Å²) in [5.74, 6) is 0.741. The van der Waals surface area contributed by atoms with Crippen molar-refractivity contribution in [2.75, 3.05) is 20.2 Å². The number of ether oxygens (including phenoxy) is 1. The van der Waals surface area contributed by atoms with E-state index in [9.17, 15) is 5.11 Å². The van der Waals surface area contributed by atoms with Crippen molar-refractivity contribution in [2.24, 2.45) is 0 Å². The van der Waals surface area contributed by atoms with Crippen molar-refractivity contribution in [2.45, 2.75) is 25.0 Å². The molecule has 1 aliphatic heterocycles. The Bertz CT molecular complexity index is 442. The number of nitrogens with zero attached hydrogens (tertiary/aromatic N) is 2. The Labute approximate surface area is 107 Å². The Hall–Kier alpha value is -1.57. The fourth-order valence-corrected chi connectivity index (χ4v) is 2.37. The third-order valence-corrected chi connectivity index (χ3v) is 3.40. The van der Waals surface area contributed by atoms with Gasteiger partial charge in [0.25, 0.3) is 0 Å². The molecule has 2 unspecified atom stereocenters. The van der Waals surface area contributed by atoms with Gasteiger partial charge in [-0.15, -0.1) is 0 Å². The SMILES string of the molecule is COc1cccc(C(O)CN2CCCC2C#N)c1. The van der Waals surface area contributed by atoms with Gasteiger partial charge >= 0.3 is 0 Å². The minimum absolute atomic E-state index is 0.0507. The molecule has 2 rings (SSSR count). The first-order valence-electron chi connectivity index (χ1n) is 6.20. The van der Waals surface area contributed by atoms with Gasteiger partial charge in [0.05, 0.1) is 25.3 Å². The van der Waals surface area contributed by atoms with E-state index in [0.29, 0.717) is 6.54 Å². The molecule has 1 N–H and O–H groups in total. The quantitative estimate of drug-likeness (QED) is 0.878. The molecular formula is C14H18N2O2. The first-order chi connectivity index (χ1) is 8.74. The predicted octanol–water partition coefficient (Wildman–Crippen LogP) is 1.72. The molecule has 4 nitrogen and oxygen atoms in total. The number of rotatable bonds is 4. The van der Waals surface area contributed by atoms with E-state index < -0.39 is 6.10 Å². The van der Waals surface area contributed by atoms with E-state index >= 15 is 0 Å². The Morgan fingerprint density at radius 3 is 3.17 bits per heavy atom. The summed E-state index contributed by atoms with van der Waals surface area (Å²) < 4.78 is 5.14. The van der Waals surface area contributed by atoms with Gasteiger partial charge in [-0.1, -0.05) is 12.1 Å². The molecule has 1 fully saturated rings. The summed E-state index contributed by atoms with van der Waals surface area (Å²) >= 11 is 0. The van der Waals surface area contributed by atoms with Crippen LogP contribution in [-0.2, 0) is 0 Å². The van der Waals surface area contributed by atoms with E-state index in [0.717, 1.165) is 30.7 Å². The Balaban J connectivity index is 2.03. The highest BCUT2D eigenvalue weighted by atomic mass is 16.5. The van der Waals surface area contributed by atoms with Crippen molar-refractivity contribution in [1.29, 1.82) is 5.26 Å². The third-order valence-electron chi connectivity index (χ3n) is 3.40. The van der Waals surface area contributed by atoms with Gasteiger partial charge in [0.1, 0.15) is 5.75 Å². The summed E-state index contributed by atoms with van der Waals surface area (Å²) in [6, 6.07) is 9.66. The molecule has 2 atom stereocenters. The van der Waals surface area contributed by atoms with Crippen LogP contribution in [0.25, 0.3) is 0 Å². The van der Waals surface area contributed by atoms with Crippen LogP contribution in [0.1, 0.15) is 24.5 Å². The Kier molecular flexibility index (Phi) is 4.19. The maximum Gasteiger partial charge on any atom is 0.119 e. The Morgan fingerprint density at radius 2 is 2.44 bits per heavy atom. The predicted molar refractivity (Wildman–Crippen MR) is 68.2 cm³/mol. The summed E-state index contributed by atoms with van der Waals surface area (Å²) in [5, 5.41) is 19.2. The molecule has 0 aliphatic carbocycles. The molecule has 18 heavy (non-hydrogen) atoms. The topological polar surface area (TPSA) is 56.5 Å². The first kappa shape index (κ1) is 12.9. The van der Waals surface area contributed by atoms with Crippen LogP contribution in [0.2, 0.25) is 0 Å². The minimum Gasteiger partial charge on any atom is -0.497 e. The van der Waals surface area contributed by atoms with Gasteiger partial charge in [-0.25, -0.2) is 0 Å². The number of benzene rings is 1. The monoisotopic (exact) mass is 246 g/mol. The molecule has 96 valence electrons. The summed E-state index contributed by atoms with van der Waals surface area (Å²) in [7, 11) is 1.61. The number of hydrogen-bond acceptors (Lipinski definition) is 4. The smallest absolute Gasteiger partial charge is 0.119 e. The van der Waals surface area contributed by atoms with E-state index in [2.05, 4.69) is 6.07 Å². The molecule has 0 radical (unpaired) electrons. The van der Waals surface area contributed by atoms with Crippen LogP contribution < -0.4 is 4.74 Å². The zero-order chi connectivity index (χ0) is 13.0. The van der Waals surface area contributed by atoms with Crippen molar-refractivity contribution in [3.05, 3.63) is 29.8 Å². The van der Waals surface area contributed by atoms with Gasteiger partial charge in [-0.05, 0) is 37.1 Å². The molecule has 1 aromatic rings. The maximum absolute atomic E-state index is 10.2. The van der Waals surface area contributed by atoms with E-state index in [1.165, 1.54) is 0 Å². The van der Waals surface area contributed by atoms with Crippen LogP contribution in [0.3, 0.4) is 0 Å². The second-order valence-electron chi connectivity index (χ2n) is 4.57. The van der Waals surface area contributed by atoms with Crippen LogP contribution in [-0.4, -0.2) is 36.2 Å². The number of β-amino-alcohol motifs (C(OH)–C–C–N with tert-alkyl or cyclic N) is 1. The number of nitriles is 1. The van der Waals surface area contributed by atoms with Crippen LogP contribution in [0, 0.1) is 11.3 Å². The highest BCUT2D eigenvalue weighted by Gasteiger charge is 2.26. The lowest BCUT2D eigenvalue weighted by molar-refractivity contribution is 0.116. The minimum atomic E-state index is -0.575. The van der Waals surface area contributed by atoms with E-state index in [1.54, 1.807) is 7.11 Å². The van der Waals surface area contributed by atoms with Crippen molar-refractivity contribution >= 4 is 0 Å². The number of aliphatic hydroxyl groups excluding tert-OH is 1. The summed E-state index contributed by atoms with van der Waals surface area (Å²) in [6.07, 6.45) is 1.36. The lowest BCUT2D eigenvalue weighted by Gasteiger charge is -2.22. The van der Waals surface area contributed by atoms with Crippen molar-refractivity contribution in [1.82, 2.24) is 4.90 Å². The largest absolute Gasteiger partial charge is 0.497 e. The van der Waals surface area contributed by atoms with Gasteiger partial charge in [0, 0.05) is 6.54 Å². The summed E-state index contributed by atoms with van der Waals surface area (Å²) in [5.41, 5.74) is 0.831. The van der Waals surface area contributed by atoms with Gasteiger partial charge in [-0.2, -0.15) is 5.26 Å². The lowest BCUT2D eigenvalue weighted by Crippen LogP contribution is -2.32. The number of methoxy groups -OCH3 is 1. The van der Waals surface area contributed by atoms with E-state index in [4.69, 9.17) is 10.00 Å². The van der Waals surface area contributed by atoms with Gasteiger partial charge in [-0.3, -0.25) is 4.90 Å². The Morgan fingerprint density at radius 1 is 1.61 bits per heavy atom. The standard InChI is InChI=1S/C14H18N2O2/c1-18-13-6-2-4-11(8-13)14(17)10-16-7-3-5-12(16)9-15/h2,4,6,8,12,14,17H,3,5,7,10H2,1H3. The van der Waals surface area contributed by atoms with Crippen LogP contribution >= 0.6 is 0 Å². The maximum atomic E-state index is 10.2. The summed E-state index contributed by atoms with van der Waals surface area (Å²) in [4.78, 5) is 2.05. The zero-order valence-electron chi connectivity index (χ0n) is 10.5. The number of hydrogen-bond donors (Lipinski definition) is 1. The molecule has 1 aliphatic rings. The molecule has 0 aromatic heterocycles. The molecule has 0 bridgehead atoms. The fourth-order valence-electron chi connectivity index (χ4n) is 2.37. The molecule has 1 saturated heterocycles. The van der Waals surface area contributed by atoms with Crippen LogP contribution in [0.5, 0.6) is 5.75 Å². The fraction of sp³-hybridized carbons (Fsp3) is 0.500. The van der Waals surface area contributed by atoms with Gasteiger partial charge < -0.3 is 9.84 Å². The molecular weight excluding hydrogens is 228 g/mol. The van der Waals surface area contributed by atoms with Crippen LogP contribution in [0.4, 0.5) is 0 Å². The molecule has 4 heteroatoms. The zero-order valence-corrected chi connectivity index (χ0v) is 10.5. The number of aliphatic hydroxyl groups is 1. The van der Waals surface area contributed by atoms with Gasteiger partial charge in [0.2, 0.25) is 0 Å². The van der Waals surface area contributed by atoms with Crippen molar-refractivity contribution in [3.8, 4) is 11.8 Å². The second-order valence-corrected chi connectivity index (χ2v) is 4.57. The average molecular weight is 246 g/mol. The number of likely N-dealkylation sites (tertiary alicyclic amines) is 1. The van der Waals surface area contributed by atoms with Crippen molar-refractivity contribution < 1.29 is 9.84 Å². The highest BCUT2D eigenvalue weighted by molar-refractivity contribution is 5.30. The summed E-state index contributed by atoms with van der Waals surface area (Å²) in [6.45, 7) is 1.39. The molecule has 1 aromatic carbocycles. The molecule has 1 heterocycles. The lowest BCUT2D eigenvalue weighted by atomic mass is 10.1. The van der Waals surface area contributed by atoms with E-state index in [1.807, 2.05) is 29.2 Å².